The summed E-state index contributed by atoms with van der Waals surface area (Å²) < 4.78 is 41.3. The quantitative estimate of drug-likeness (QED) is 0.766. The van der Waals surface area contributed by atoms with E-state index >= 15 is 0 Å². The summed E-state index contributed by atoms with van der Waals surface area (Å²) in [5.41, 5.74) is -3.66. The summed E-state index contributed by atoms with van der Waals surface area (Å²) in [5.74, 6) is -1.76. The van der Waals surface area contributed by atoms with Gasteiger partial charge < -0.3 is 10.2 Å². The van der Waals surface area contributed by atoms with Crippen molar-refractivity contribution in [3.05, 3.63) is 64.1 Å². The molecule has 0 fully saturated rings. The van der Waals surface area contributed by atoms with Crippen molar-refractivity contribution < 1.29 is 28.2 Å². The topological polar surface area (TPSA) is 73.1 Å². The predicted molar refractivity (Wildman–Crippen MR) is 90.6 cm³/mol. The highest BCUT2D eigenvalue weighted by Crippen LogP contribution is 2.42. The van der Waals surface area contributed by atoms with Gasteiger partial charge in [0.15, 0.2) is 0 Å². The van der Waals surface area contributed by atoms with Crippen molar-refractivity contribution in [3.63, 3.8) is 0 Å². The third kappa shape index (κ3) is 3.08. The normalized spacial score (nSPS) is 20.2. The Morgan fingerprint density at radius 2 is 1.77 bits per heavy atom. The third-order valence-electron chi connectivity index (χ3n) is 3.94. The maximum absolute atomic E-state index is 13.5. The van der Waals surface area contributed by atoms with Crippen LogP contribution in [0.3, 0.4) is 0 Å². The number of phenols is 1. The molecule has 0 saturated heterocycles. The number of benzene rings is 2. The number of rotatable bonds is 2. The minimum absolute atomic E-state index is 0.0145. The average molecular weight is 429 g/mol. The number of amides is 1. The molecule has 0 saturated carbocycles. The Bertz CT molecular complexity index is 884. The number of hydrazone groups is 1. The first-order chi connectivity index (χ1) is 12.1. The predicted octanol–water partition coefficient (Wildman–Crippen LogP) is 3.66. The fourth-order valence-electron chi connectivity index (χ4n) is 2.55. The Morgan fingerprint density at radius 1 is 1.15 bits per heavy atom. The monoisotopic (exact) mass is 428 g/mol. The van der Waals surface area contributed by atoms with Crippen LogP contribution in [0.2, 0.25) is 0 Å². The fourth-order valence-corrected chi connectivity index (χ4v) is 2.82. The highest BCUT2D eigenvalue weighted by atomic mass is 79.9. The molecule has 1 amide bonds. The molecule has 2 N–H and O–H groups in total. The number of aliphatic hydroxyl groups is 1. The van der Waals surface area contributed by atoms with E-state index in [0.717, 1.165) is 12.1 Å². The molecule has 1 aliphatic heterocycles. The SMILES string of the molecule is O=C(c1ccccc1O)N1N=C(c2ccc(Br)cc2)CC1(O)C(F)(F)F. The van der Waals surface area contributed by atoms with E-state index in [2.05, 4.69) is 21.0 Å². The second kappa shape index (κ2) is 6.40. The Hall–Kier alpha value is -2.39. The maximum Gasteiger partial charge on any atom is 0.438 e. The van der Waals surface area contributed by atoms with Gasteiger partial charge in [-0.2, -0.15) is 23.3 Å². The molecule has 9 heteroatoms. The van der Waals surface area contributed by atoms with Crippen molar-refractivity contribution in [3.8, 4) is 5.75 Å². The molecule has 136 valence electrons. The molecule has 0 aromatic heterocycles. The Kier molecular flexibility index (Phi) is 4.53. The lowest BCUT2D eigenvalue weighted by atomic mass is 10.0. The van der Waals surface area contributed by atoms with E-state index < -0.39 is 35.5 Å². The fraction of sp³-hybridized carbons (Fsp3) is 0.176. The van der Waals surface area contributed by atoms with Crippen molar-refractivity contribution in [2.45, 2.75) is 18.3 Å². The standard InChI is InChI=1S/C17H12BrF3N2O3/c18-11-7-5-10(6-8-11)13-9-16(26,17(19,20)21)23(22-13)15(25)12-3-1-2-4-14(12)24/h1-8,24,26H,9H2. The van der Waals surface area contributed by atoms with Crippen LogP contribution in [0.15, 0.2) is 58.1 Å². The van der Waals surface area contributed by atoms with Gasteiger partial charge in [0, 0.05) is 4.47 Å². The van der Waals surface area contributed by atoms with Crippen LogP contribution in [-0.4, -0.2) is 38.7 Å². The number of halogens is 4. The van der Waals surface area contributed by atoms with Gasteiger partial charge in [-0.3, -0.25) is 4.79 Å². The second-order valence-corrected chi connectivity index (χ2v) is 6.59. The first-order valence-corrected chi connectivity index (χ1v) is 8.18. The summed E-state index contributed by atoms with van der Waals surface area (Å²) in [7, 11) is 0. The first kappa shape index (κ1) is 18.4. The van der Waals surface area contributed by atoms with Crippen LogP contribution >= 0.6 is 15.9 Å². The molecule has 1 atom stereocenters. The molecule has 3 rings (SSSR count). The minimum Gasteiger partial charge on any atom is -0.507 e. The van der Waals surface area contributed by atoms with Crippen molar-refractivity contribution in [1.29, 1.82) is 0 Å². The molecular formula is C17H12BrF3N2O3. The molecule has 2 aromatic carbocycles. The van der Waals surface area contributed by atoms with E-state index in [1.54, 1.807) is 12.1 Å². The summed E-state index contributed by atoms with van der Waals surface area (Å²) >= 11 is 3.22. The maximum atomic E-state index is 13.5. The van der Waals surface area contributed by atoms with Gasteiger partial charge in [0.1, 0.15) is 5.75 Å². The van der Waals surface area contributed by atoms with E-state index in [1.165, 1.54) is 24.3 Å². The molecule has 0 aliphatic carbocycles. The van der Waals surface area contributed by atoms with Crippen LogP contribution in [0.4, 0.5) is 13.2 Å². The Labute approximate surface area is 154 Å². The average Bonchev–Trinajstić information content (AvgIpc) is 2.94. The van der Waals surface area contributed by atoms with Crippen LogP contribution in [0.1, 0.15) is 22.3 Å². The number of nitrogens with zero attached hydrogens (tertiary/aromatic N) is 2. The van der Waals surface area contributed by atoms with Crippen LogP contribution in [0.25, 0.3) is 0 Å². The molecule has 5 nitrogen and oxygen atoms in total. The molecule has 0 bridgehead atoms. The van der Waals surface area contributed by atoms with E-state index in [4.69, 9.17) is 0 Å². The molecule has 1 aliphatic rings. The van der Waals surface area contributed by atoms with Gasteiger partial charge in [-0.25, -0.2) is 0 Å². The molecule has 26 heavy (non-hydrogen) atoms. The molecule has 0 radical (unpaired) electrons. The van der Waals surface area contributed by atoms with Gasteiger partial charge in [-0.1, -0.05) is 40.2 Å². The van der Waals surface area contributed by atoms with Gasteiger partial charge in [-0.05, 0) is 29.8 Å². The lowest BCUT2D eigenvalue weighted by molar-refractivity contribution is -0.297. The molecular weight excluding hydrogens is 417 g/mol. The van der Waals surface area contributed by atoms with Crippen molar-refractivity contribution in [2.75, 3.05) is 0 Å². The molecule has 2 aromatic rings. The first-order valence-electron chi connectivity index (χ1n) is 7.38. The van der Waals surface area contributed by atoms with Crippen LogP contribution < -0.4 is 0 Å². The minimum atomic E-state index is -5.15. The van der Waals surface area contributed by atoms with Crippen LogP contribution in [-0.2, 0) is 0 Å². The van der Waals surface area contributed by atoms with Crippen molar-refractivity contribution in [2.24, 2.45) is 5.10 Å². The molecule has 1 heterocycles. The van der Waals surface area contributed by atoms with Gasteiger partial charge in [0.25, 0.3) is 11.6 Å². The summed E-state index contributed by atoms with van der Waals surface area (Å²) in [6.45, 7) is 0. The smallest absolute Gasteiger partial charge is 0.438 e. The van der Waals surface area contributed by atoms with Gasteiger partial charge in [0.2, 0.25) is 0 Å². The van der Waals surface area contributed by atoms with Gasteiger partial charge in [0.05, 0.1) is 17.7 Å². The number of carbonyl (C=O) groups is 1. The van der Waals surface area contributed by atoms with Gasteiger partial charge in [-0.15, -0.1) is 0 Å². The van der Waals surface area contributed by atoms with Crippen molar-refractivity contribution >= 4 is 27.5 Å². The highest BCUT2D eigenvalue weighted by molar-refractivity contribution is 9.10. The van der Waals surface area contributed by atoms with Crippen molar-refractivity contribution in [1.82, 2.24) is 5.01 Å². The largest absolute Gasteiger partial charge is 0.507 e. The zero-order valence-corrected chi connectivity index (χ0v) is 14.6. The Morgan fingerprint density at radius 3 is 2.35 bits per heavy atom. The number of alkyl halides is 3. The van der Waals surface area contributed by atoms with E-state index in [0.29, 0.717) is 10.0 Å². The summed E-state index contributed by atoms with van der Waals surface area (Å²) in [6.07, 6.45) is -6.06. The second-order valence-electron chi connectivity index (χ2n) is 5.68. The highest BCUT2D eigenvalue weighted by Gasteiger charge is 2.63. The van der Waals surface area contributed by atoms with E-state index in [9.17, 15) is 28.2 Å². The summed E-state index contributed by atoms with van der Waals surface area (Å²) in [6, 6.07) is 11.4. The lowest BCUT2D eigenvalue weighted by Gasteiger charge is -2.32. The van der Waals surface area contributed by atoms with E-state index in [1.807, 2.05) is 0 Å². The van der Waals surface area contributed by atoms with E-state index in [-0.39, 0.29) is 10.7 Å². The van der Waals surface area contributed by atoms with Crippen LogP contribution in [0.5, 0.6) is 5.75 Å². The third-order valence-corrected chi connectivity index (χ3v) is 4.47. The summed E-state index contributed by atoms with van der Waals surface area (Å²) in [5, 5.41) is 23.7. The Balaban J connectivity index is 2.07. The number of hydrogen-bond acceptors (Lipinski definition) is 4. The zero-order valence-electron chi connectivity index (χ0n) is 13.0. The van der Waals surface area contributed by atoms with Crippen LogP contribution in [0, 0.1) is 0 Å². The molecule has 0 spiro atoms. The number of carbonyl (C=O) groups excluding carboxylic acids is 1. The number of aromatic hydroxyl groups is 1. The van der Waals surface area contributed by atoms with Gasteiger partial charge >= 0.3 is 6.18 Å². The number of para-hydroxylation sites is 1. The number of phenolic OH excluding ortho intramolecular Hbond substituents is 1. The zero-order chi connectivity index (χ0) is 19.1. The lowest BCUT2D eigenvalue weighted by Crippen LogP contribution is -2.56. The summed E-state index contributed by atoms with van der Waals surface area (Å²) in [4.78, 5) is 12.6. The number of hydrogen-bond donors (Lipinski definition) is 2. The molecule has 1 unspecified atom stereocenters.